The van der Waals surface area contributed by atoms with Crippen molar-refractivity contribution in [2.45, 2.75) is 6.92 Å². The molecule has 0 unspecified atom stereocenters. The van der Waals surface area contributed by atoms with Crippen LogP contribution in [-0.2, 0) is 0 Å². The summed E-state index contributed by atoms with van der Waals surface area (Å²) in [5.41, 5.74) is 10.4. The SMILES string of the molecule is COc1ccc(-c2cnnn2-c2ccc(N)cc2)cc1C. The first-order valence-corrected chi connectivity index (χ1v) is 6.60. The van der Waals surface area contributed by atoms with Gasteiger partial charge >= 0.3 is 0 Å². The molecule has 0 atom stereocenters. The molecule has 2 aromatic carbocycles. The van der Waals surface area contributed by atoms with Gasteiger partial charge in [-0.15, -0.1) is 5.10 Å². The van der Waals surface area contributed by atoms with E-state index in [0.29, 0.717) is 0 Å². The van der Waals surface area contributed by atoms with Gasteiger partial charge in [-0.1, -0.05) is 5.21 Å². The van der Waals surface area contributed by atoms with Crippen LogP contribution in [0, 0.1) is 6.92 Å². The monoisotopic (exact) mass is 280 g/mol. The summed E-state index contributed by atoms with van der Waals surface area (Å²) in [7, 11) is 1.67. The fraction of sp³-hybridized carbons (Fsp3) is 0.125. The van der Waals surface area contributed by atoms with Crippen molar-refractivity contribution in [1.82, 2.24) is 15.0 Å². The Kier molecular flexibility index (Phi) is 3.31. The Bertz CT molecular complexity index is 762. The average molecular weight is 280 g/mol. The van der Waals surface area contributed by atoms with Crippen molar-refractivity contribution in [1.29, 1.82) is 0 Å². The zero-order valence-corrected chi connectivity index (χ0v) is 11.9. The highest BCUT2D eigenvalue weighted by Crippen LogP contribution is 2.27. The average Bonchev–Trinajstić information content (AvgIpc) is 2.97. The molecule has 0 saturated carbocycles. The van der Waals surface area contributed by atoms with Gasteiger partial charge in [-0.25, -0.2) is 4.68 Å². The minimum Gasteiger partial charge on any atom is -0.496 e. The molecule has 2 N–H and O–H groups in total. The largest absolute Gasteiger partial charge is 0.496 e. The Morgan fingerprint density at radius 3 is 2.52 bits per heavy atom. The number of anilines is 1. The van der Waals surface area contributed by atoms with Crippen LogP contribution in [0.1, 0.15) is 5.56 Å². The minimum atomic E-state index is 0.723. The molecular weight excluding hydrogens is 264 g/mol. The van der Waals surface area contributed by atoms with Crippen LogP contribution < -0.4 is 10.5 Å². The molecule has 0 spiro atoms. The van der Waals surface area contributed by atoms with Crippen LogP contribution in [0.15, 0.2) is 48.7 Å². The first-order valence-electron chi connectivity index (χ1n) is 6.60. The first-order chi connectivity index (χ1) is 10.2. The first kappa shape index (κ1) is 13.2. The Morgan fingerprint density at radius 2 is 1.86 bits per heavy atom. The van der Waals surface area contributed by atoms with Crippen LogP contribution in [0.2, 0.25) is 0 Å². The van der Waals surface area contributed by atoms with Crippen molar-refractivity contribution >= 4 is 5.69 Å². The van der Waals surface area contributed by atoms with Crippen molar-refractivity contribution in [3.05, 3.63) is 54.2 Å². The topological polar surface area (TPSA) is 66.0 Å². The molecule has 1 aromatic heterocycles. The van der Waals surface area contributed by atoms with Crippen molar-refractivity contribution in [3.8, 4) is 22.7 Å². The zero-order chi connectivity index (χ0) is 14.8. The van der Waals surface area contributed by atoms with Gasteiger partial charge in [0.25, 0.3) is 0 Å². The number of hydrogen-bond donors (Lipinski definition) is 1. The van der Waals surface area contributed by atoms with E-state index in [-0.39, 0.29) is 0 Å². The molecule has 3 rings (SSSR count). The van der Waals surface area contributed by atoms with Crippen molar-refractivity contribution < 1.29 is 4.74 Å². The lowest BCUT2D eigenvalue weighted by atomic mass is 10.1. The molecule has 21 heavy (non-hydrogen) atoms. The van der Waals surface area contributed by atoms with E-state index in [1.165, 1.54) is 0 Å². The highest BCUT2D eigenvalue weighted by atomic mass is 16.5. The second-order valence-electron chi connectivity index (χ2n) is 4.81. The molecule has 0 saturated heterocycles. The Morgan fingerprint density at radius 1 is 1.10 bits per heavy atom. The van der Waals surface area contributed by atoms with Gasteiger partial charge in [-0.3, -0.25) is 0 Å². The van der Waals surface area contributed by atoms with E-state index < -0.39 is 0 Å². The number of ether oxygens (including phenoxy) is 1. The number of methoxy groups -OCH3 is 1. The molecule has 3 aromatic rings. The third kappa shape index (κ3) is 2.45. The predicted molar refractivity (Wildman–Crippen MR) is 82.5 cm³/mol. The molecule has 0 aliphatic heterocycles. The molecule has 0 aliphatic carbocycles. The summed E-state index contributed by atoms with van der Waals surface area (Å²) in [4.78, 5) is 0. The fourth-order valence-electron chi connectivity index (χ4n) is 2.28. The maximum atomic E-state index is 5.72. The highest BCUT2D eigenvalue weighted by Gasteiger charge is 2.10. The summed E-state index contributed by atoms with van der Waals surface area (Å²) in [5, 5.41) is 8.18. The number of aryl methyl sites for hydroxylation is 1. The van der Waals surface area contributed by atoms with Gasteiger partial charge in [0, 0.05) is 11.3 Å². The van der Waals surface area contributed by atoms with Gasteiger partial charge in [-0.2, -0.15) is 0 Å². The number of rotatable bonds is 3. The second kappa shape index (κ2) is 5.28. The molecular formula is C16H16N4O. The van der Waals surface area contributed by atoms with Crippen molar-refractivity contribution in [2.24, 2.45) is 0 Å². The minimum absolute atomic E-state index is 0.723. The molecule has 5 nitrogen and oxygen atoms in total. The van der Waals surface area contributed by atoms with Crippen LogP contribution in [0.25, 0.3) is 16.9 Å². The predicted octanol–water partition coefficient (Wildman–Crippen LogP) is 2.83. The maximum absolute atomic E-state index is 5.72. The van der Waals surface area contributed by atoms with Crippen LogP contribution in [0.3, 0.4) is 0 Å². The van der Waals surface area contributed by atoms with Crippen LogP contribution in [0.5, 0.6) is 5.75 Å². The summed E-state index contributed by atoms with van der Waals surface area (Å²) >= 11 is 0. The number of aromatic nitrogens is 3. The molecule has 0 fully saturated rings. The third-order valence-electron chi connectivity index (χ3n) is 3.38. The van der Waals surface area contributed by atoms with Gasteiger partial charge in [0.05, 0.1) is 24.7 Å². The van der Waals surface area contributed by atoms with Gasteiger partial charge in [0.2, 0.25) is 0 Å². The summed E-state index contributed by atoms with van der Waals surface area (Å²) in [6.45, 7) is 2.01. The van der Waals surface area contributed by atoms with E-state index in [2.05, 4.69) is 16.4 Å². The van der Waals surface area contributed by atoms with Gasteiger partial charge < -0.3 is 10.5 Å². The number of nitrogens with zero attached hydrogens (tertiary/aromatic N) is 3. The number of nitrogens with two attached hydrogens (primary N) is 1. The van der Waals surface area contributed by atoms with E-state index in [9.17, 15) is 0 Å². The lowest BCUT2D eigenvalue weighted by molar-refractivity contribution is 0.412. The molecule has 1 heterocycles. The number of benzene rings is 2. The quantitative estimate of drug-likeness (QED) is 0.749. The van der Waals surface area contributed by atoms with Crippen LogP contribution in [0.4, 0.5) is 5.69 Å². The molecule has 5 heteroatoms. The molecule has 0 bridgehead atoms. The summed E-state index contributed by atoms with van der Waals surface area (Å²) in [6, 6.07) is 13.5. The lowest BCUT2D eigenvalue weighted by Crippen LogP contribution is -2.00. The number of hydrogen-bond acceptors (Lipinski definition) is 4. The van der Waals surface area contributed by atoms with Crippen LogP contribution in [-0.4, -0.2) is 22.1 Å². The molecule has 0 amide bonds. The third-order valence-corrected chi connectivity index (χ3v) is 3.38. The highest BCUT2D eigenvalue weighted by molar-refractivity contribution is 5.63. The van der Waals surface area contributed by atoms with E-state index in [1.807, 2.05) is 43.3 Å². The van der Waals surface area contributed by atoms with Gasteiger partial charge in [-0.05, 0) is 55.0 Å². The Balaban J connectivity index is 2.06. The van der Waals surface area contributed by atoms with Crippen molar-refractivity contribution in [2.75, 3.05) is 12.8 Å². The number of nitrogen functional groups attached to an aromatic ring is 1. The maximum Gasteiger partial charge on any atom is 0.121 e. The van der Waals surface area contributed by atoms with E-state index in [0.717, 1.165) is 33.9 Å². The van der Waals surface area contributed by atoms with Gasteiger partial charge in [0.15, 0.2) is 0 Å². The molecule has 0 radical (unpaired) electrons. The standard InChI is InChI=1S/C16H16N4O/c1-11-9-12(3-8-16(11)21-2)15-10-18-19-20(15)14-6-4-13(17)5-7-14/h3-10H,17H2,1-2H3. The summed E-state index contributed by atoms with van der Waals surface area (Å²) in [5.74, 6) is 0.866. The smallest absolute Gasteiger partial charge is 0.121 e. The van der Waals surface area contributed by atoms with Gasteiger partial charge in [0.1, 0.15) is 5.75 Å². The second-order valence-corrected chi connectivity index (χ2v) is 4.81. The summed E-state index contributed by atoms with van der Waals surface area (Å²) in [6.07, 6.45) is 1.75. The normalized spacial score (nSPS) is 10.6. The van der Waals surface area contributed by atoms with E-state index in [4.69, 9.17) is 10.5 Å². The Hall–Kier alpha value is -2.82. The lowest BCUT2D eigenvalue weighted by Gasteiger charge is -2.09. The van der Waals surface area contributed by atoms with E-state index in [1.54, 1.807) is 18.0 Å². The van der Waals surface area contributed by atoms with Crippen LogP contribution >= 0.6 is 0 Å². The zero-order valence-electron chi connectivity index (χ0n) is 11.9. The van der Waals surface area contributed by atoms with E-state index >= 15 is 0 Å². The Labute approximate surface area is 123 Å². The summed E-state index contributed by atoms with van der Waals surface area (Å²) < 4.78 is 7.09. The van der Waals surface area contributed by atoms with Crippen molar-refractivity contribution in [3.63, 3.8) is 0 Å². The molecule has 0 aliphatic rings. The molecule has 106 valence electrons. The fourth-order valence-corrected chi connectivity index (χ4v) is 2.28.